The summed E-state index contributed by atoms with van der Waals surface area (Å²) in [6.45, 7) is 2.55. The molecule has 4 nitrogen and oxygen atoms in total. The summed E-state index contributed by atoms with van der Waals surface area (Å²) in [5, 5.41) is 2.29. The van der Waals surface area contributed by atoms with Gasteiger partial charge in [0.25, 0.3) is 0 Å². The van der Waals surface area contributed by atoms with E-state index in [-0.39, 0.29) is 17.8 Å². The van der Waals surface area contributed by atoms with Crippen LogP contribution in [0.1, 0.15) is 13.3 Å². The zero-order chi connectivity index (χ0) is 15.7. The third kappa shape index (κ3) is 2.79. The number of amides is 1. The van der Waals surface area contributed by atoms with Crippen molar-refractivity contribution in [2.45, 2.75) is 13.3 Å². The van der Waals surface area contributed by atoms with Crippen LogP contribution in [-0.4, -0.2) is 29.9 Å². The molecule has 1 fully saturated rings. The molecule has 3 rings (SSSR count). The van der Waals surface area contributed by atoms with Crippen LogP contribution >= 0.6 is 11.6 Å². The number of fused-ring (bicyclic) bond motifs is 1. The van der Waals surface area contributed by atoms with Gasteiger partial charge < -0.3 is 9.64 Å². The molecule has 1 aliphatic rings. The van der Waals surface area contributed by atoms with Crippen LogP contribution in [0.4, 0.5) is 0 Å². The van der Waals surface area contributed by atoms with E-state index in [4.69, 9.17) is 16.3 Å². The Morgan fingerprint density at radius 1 is 1.18 bits per heavy atom. The van der Waals surface area contributed by atoms with E-state index in [2.05, 4.69) is 0 Å². The minimum Gasteiger partial charge on any atom is -0.426 e. The van der Waals surface area contributed by atoms with Gasteiger partial charge in [-0.2, -0.15) is 0 Å². The van der Waals surface area contributed by atoms with Gasteiger partial charge in [0.1, 0.15) is 5.75 Å². The maximum atomic E-state index is 12.3. The monoisotopic (exact) mass is 317 g/mol. The predicted octanol–water partition coefficient (Wildman–Crippen LogP) is 3.27. The first-order chi connectivity index (χ1) is 10.6. The van der Waals surface area contributed by atoms with E-state index in [1.54, 1.807) is 17.0 Å². The Balaban J connectivity index is 1.81. The zero-order valence-electron chi connectivity index (χ0n) is 12.2. The molecular weight excluding hydrogens is 302 g/mol. The van der Waals surface area contributed by atoms with Crippen LogP contribution in [0.25, 0.3) is 10.8 Å². The van der Waals surface area contributed by atoms with Gasteiger partial charge in [0.2, 0.25) is 5.91 Å². The van der Waals surface area contributed by atoms with Crippen LogP contribution in [0.5, 0.6) is 5.75 Å². The van der Waals surface area contributed by atoms with E-state index in [1.165, 1.54) is 6.92 Å². The van der Waals surface area contributed by atoms with Gasteiger partial charge in [-0.15, -0.1) is 0 Å². The molecule has 0 N–H and O–H groups in total. The SMILES string of the molecule is CC(=O)N1CCC(C(=O)Oc2ccc(Cl)c3ccccc23)C1. The number of hydrogen-bond donors (Lipinski definition) is 0. The molecule has 0 saturated carbocycles. The largest absolute Gasteiger partial charge is 0.426 e. The smallest absolute Gasteiger partial charge is 0.316 e. The van der Waals surface area contributed by atoms with Crippen LogP contribution < -0.4 is 4.74 Å². The van der Waals surface area contributed by atoms with Gasteiger partial charge in [-0.25, -0.2) is 0 Å². The van der Waals surface area contributed by atoms with E-state index >= 15 is 0 Å². The first-order valence-corrected chi connectivity index (χ1v) is 7.58. The summed E-state index contributed by atoms with van der Waals surface area (Å²) in [6, 6.07) is 11.0. The molecule has 0 aliphatic carbocycles. The Hall–Kier alpha value is -2.07. The molecule has 114 valence electrons. The highest BCUT2D eigenvalue weighted by molar-refractivity contribution is 6.35. The number of rotatable bonds is 2. The van der Waals surface area contributed by atoms with Crippen molar-refractivity contribution >= 4 is 34.2 Å². The number of benzene rings is 2. The third-order valence-corrected chi connectivity index (χ3v) is 4.34. The highest BCUT2D eigenvalue weighted by Gasteiger charge is 2.31. The fraction of sp³-hybridized carbons (Fsp3) is 0.294. The summed E-state index contributed by atoms with van der Waals surface area (Å²) in [4.78, 5) is 25.3. The molecule has 1 unspecified atom stereocenters. The van der Waals surface area contributed by atoms with Crippen molar-refractivity contribution in [3.8, 4) is 5.75 Å². The average Bonchev–Trinajstić information content (AvgIpc) is 3.01. The number of carbonyl (C=O) groups is 2. The molecule has 1 atom stereocenters. The number of carbonyl (C=O) groups excluding carboxylic acids is 2. The molecule has 5 heteroatoms. The van der Waals surface area contributed by atoms with Gasteiger partial charge in [0.15, 0.2) is 0 Å². The summed E-state index contributed by atoms with van der Waals surface area (Å²) in [6.07, 6.45) is 0.643. The van der Waals surface area contributed by atoms with Crippen molar-refractivity contribution in [2.75, 3.05) is 13.1 Å². The number of esters is 1. The Kier molecular flexibility index (Phi) is 4.03. The van der Waals surface area contributed by atoms with Gasteiger partial charge in [0, 0.05) is 35.8 Å². The lowest BCUT2D eigenvalue weighted by Crippen LogP contribution is -2.29. The molecule has 1 amide bonds. The predicted molar refractivity (Wildman–Crippen MR) is 85.0 cm³/mol. The molecule has 2 aromatic rings. The van der Waals surface area contributed by atoms with Crippen molar-refractivity contribution in [3.63, 3.8) is 0 Å². The number of halogens is 1. The molecule has 0 bridgehead atoms. The highest BCUT2D eigenvalue weighted by atomic mass is 35.5. The van der Waals surface area contributed by atoms with Crippen LogP contribution in [0.3, 0.4) is 0 Å². The fourth-order valence-electron chi connectivity index (χ4n) is 2.75. The quantitative estimate of drug-likeness (QED) is 0.631. The Morgan fingerprint density at radius 2 is 1.91 bits per heavy atom. The Bertz CT molecular complexity index is 744. The maximum absolute atomic E-state index is 12.3. The first kappa shape index (κ1) is 14.9. The molecule has 2 aromatic carbocycles. The summed E-state index contributed by atoms with van der Waals surface area (Å²) in [5.41, 5.74) is 0. The van der Waals surface area contributed by atoms with Crippen LogP contribution in [0.2, 0.25) is 5.02 Å². The van der Waals surface area contributed by atoms with Gasteiger partial charge in [-0.3, -0.25) is 9.59 Å². The van der Waals surface area contributed by atoms with Gasteiger partial charge >= 0.3 is 5.97 Å². The fourth-order valence-corrected chi connectivity index (χ4v) is 2.98. The molecule has 1 aliphatic heterocycles. The van der Waals surface area contributed by atoms with Crippen LogP contribution in [0, 0.1) is 5.92 Å². The Morgan fingerprint density at radius 3 is 2.59 bits per heavy atom. The van der Waals surface area contributed by atoms with Crippen molar-refractivity contribution in [1.82, 2.24) is 4.90 Å². The molecular formula is C17H16ClNO3. The van der Waals surface area contributed by atoms with Crippen molar-refractivity contribution in [2.24, 2.45) is 5.92 Å². The number of ether oxygens (including phenoxy) is 1. The van der Waals surface area contributed by atoms with Crippen LogP contribution in [0.15, 0.2) is 36.4 Å². The topological polar surface area (TPSA) is 46.6 Å². The van der Waals surface area contributed by atoms with Crippen LogP contribution in [-0.2, 0) is 9.59 Å². The summed E-state index contributed by atoms with van der Waals surface area (Å²) in [7, 11) is 0. The lowest BCUT2D eigenvalue weighted by atomic mass is 10.1. The van der Waals surface area contributed by atoms with Gasteiger partial charge in [-0.1, -0.05) is 35.9 Å². The Labute approximate surface area is 133 Å². The summed E-state index contributed by atoms with van der Waals surface area (Å²) < 4.78 is 5.56. The normalized spacial score (nSPS) is 17.7. The van der Waals surface area contributed by atoms with E-state index < -0.39 is 0 Å². The summed E-state index contributed by atoms with van der Waals surface area (Å²) in [5.74, 6) is -0.0620. The number of nitrogens with zero attached hydrogens (tertiary/aromatic N) is 1. The van der Waals surface area contributed by atoms with E-state index in [1.807, 2.05) is 24.3 Å². The number of likely N-dealkylation sites (tertiary alicyclic amines) is 1. The third-order valence-electron chi connectivity index (χ3n) is 4.01. The van der Waals surface area contributed by atoms with E-state index in [0.717, 1.165) is 10.8 Å². The molecule has 0 spiro atoms. The van der Waals surface area contributed by atoms with Crippen molar-refractivity contribution in [3.05, 3.63) is 41.4 Å². The molecule has 0 aromatic heterocycles. The second-order valence-corrected chi connectivity index (χ2v) is 5.87. The minimum atomic E-state index is -0.295. The number of hydrogen-bond acceptors (Lipinski definition) is 3. The first-order valence-electron chi connectivity index (χ1n) is 7.20. The molecule has 1 saturated heterocycles. The second kappa shape index (κ2) is 5.97. The summed E-state index contributed by atoms with van der Waals surface area (Å²) >= 11 is 6.16. The standard InChI is InChI=1S/C17H16ClNO3/c1-11(20)19-9-8-12(10-19)17(21)22-16-7-6-15(18)13-4-2-3-5-14(13)16/h2-7,12H,8-10H2,1H3. The lowest BCUT2D eigenvalue weighted by Gasteiger charge is -2.14. The van der Waals surface area contributed by atoms with Gasteiger partial charge in [-0.05, 0) is 18.6 Å². The van der Waals surface area contributed by atoms with Crippen molar-refractivity contribution in [1.29, 1.82) is 0 Å². The highest BCUT2D eigenvalue weighted by Crippen LogP contribution is 2.32. The lowest BCUT2D eigenvalue weighted by molar-refractivity contribution is -0.138. The van der Waals surface area contributed by atoms with Crippen molar-refractivity contribution < 1.29 is 14.3 Å². The van der Waals surface area contributed by atoms with Gasteiger partial charge in [0.05, 0.1) is 5.92 Å². The average molecular weight is 318 g/mol. The van der Waals surface area contributed by atoms with E-state index in [0.29, 0.717) is 30.3 Å². The molecule has 22 heavy (non-hydrogen) atoms. The second-order valence-electron chi connectivity index (χ2n) is 5.46. The zero-order valence-corrected chi connectivity index (χ0v) is 13.0. The molecule has 1 heterocycles. The minimum absolute atomic E-state index is 0.00718. The maximum Gasteiger partial charge on any atom is 0.316 e. The van der Waals surface area contributed by atoms with E-state index in [9.17, 15) is 9.59 Å². The molecule has 0 radical (unpaired) electrons.